The molecule has 0 aliphatic rings. The van der Waals surface area contributed by atoms with Gasteiger partial charge in [0, 0.05) is 25.9 Å². The molecule has 0 radical (unpaired) electrons. The molecule has 21 heavy (non-hydrogen) atoms. The summed E-state index contributed by atoms with van der Waals surface area (Å²) in [6, 6.07) is 11.0. The molecule has 1 atom stereocenters. The maximum absolute atomic E-state index is 5.14. The largest absolute Gasteiger partial charge is 0.383 e. The molecule has 2 rings (SSSR count). The standard InChI is InChI=1S/C17H25N3O/c1-14(9-10-16-7-5-4-6-8-16)18-17-19-15(2)13-20(17)11-12-21-3/h4-8,13-14H,9-12H2,1-3H3,(H,18,19). The number of nitrogens with zero attached hydrogens (tertiary/aromatic N) is 2. The van der Waals surface area contributed by atoms with Gasteiger partial charge in [-0.1, -0.05) is 30.3 Å². The molecule has 0 saturated heterocycles. The third kappa shape index (κ3) is 4.90. The quantitative estimate of drug-likeness (QED) is 0.810. The van der Waals surface area contributed by atoms with Crippen LogP contribution in [-0.4, -0.2) is 29.3 Å². The molecule has 1 unspecified atom stereocenters. The second-order valence-electron chi connectivity index (χ2n) is 5.46. The number of methoxy groups -OCH3 is 1. The van der Waals surface area contributed by atoms with Gasteiger partial charge in [0.2, 0.25) is 5.95 Å². The lowest BCUT2D eigenvalue weighted by Gasteiger charge is -2.16. The highest BCUT2D eigenvalue weighted by Crippen LogP contribution is 2.12. The van der Waals surface area contributed by atoms with Crippen molar-refractivity contribution in [1.82, 2.24) is 9.55 Å². The smallest absolute Gasteiger partial charge is 0.203 e. The van der Waals surface area contributed by atoms with Crippen molar-refractivity contribution in [3.8, 4) is 0 Å². The fourth-order valence-corrected chi connectivity index (χ4v) is 2.34. The van der Waals surface area contributed by atoms with Crippen LogP contribution in [0.5, 0.6) is 0 Å². The van der Waals surface area contributed by atoms with E-state index in [2.05, 4.69) is 58.3 Å². The van der Waals surface area contributed by atoms with Crippen LogP contribution in [0.25, 0.3) is 0 Å². The van der Waals surface area contributed by atoms with Crippen molar-refractivity contribution in [2.75, 3.05) is 19.0 Å². The van der Waals surface area contributed by atoms with Crippen molar-refractivity contribution in [1.29, 1.82) is 0 Å². The zero-order valence-electron chi connectivity index (χ0n) is 13.2. The maximum atomic E-state index is 5.14. The van der Waals surface area contributed by atoms with Gasteiger partial charge in [-0.2, -0.15) is 0 Å². The minimum atomic E-state index is 0.383. The van der Waals surface area contributed by atoms with Crippen LogP contribution in [0.3, 0.4) is 0 Å². The van der Waals surface area contributed by atoms with Crippen LogP contribution in [0.1, 0.15) is 24.6 Å². The number of rotatable bonds is 8. The third-order valence-electron chi connectivity index (χ3n) is 3.52. The zero-order valence-corrected chi connectivity index (χ0v) is 13.2. The molecule has 0 amide bonds. The SMILES string of the molecule is COCCn1cc(C)nc1NC(C)CCc1ccccc1. The molecule has 2 aromatic rings. The van der Waals surface area contributed by atoms with E-state index in [0.29, 0.717) is 12.6 Å². The number of benzene rings is 1. The Morgan fingerprint density at radius 2 is 2.05 bits per heavy atom. The molecule has 0 saturated carbocycles. The number of aryl methyl sites for hydroxylation is 2. The van der Waals surface area contributed by atoms with Gasteiger partial charge in [-0.25, -0.2) is 4.98 Å². The number of hydrogen-bond acceptors (Lipinski definition) is 3. The van der Waals surface area contributed by atoms with Gasteiger partial charge in [0.15, 0.2) is 0 Å². The molecule has 0 fully saturated rings. The van der Waals surface area contributed by atoms with E-state index >= 15 is 0 Å². The van der Waals surface area contributed by atoms with Gasteiger partial charge in [0.05, 0.1) is 12.3 Å². The van der Waals surface area contributed by atoms with E-state index in [0.717, 1.165) is 31.0 Å². The Balaban J connectivity index is 1.88. The molecular formula is C17H25N3O. The molecule has 1 aromatic heterocycles. The van der Waals surface area contributed by atoms with Crippen molar-refractivity contribution < 1.29 is 4.74 Å². The Bertz CT molecular complexity index is 536. The van der Waals surface area contributed by atoms with Crippen molar-refractivity contribution in [2.45, 2.75) is 39.3 Å². The van der Waals surface area contributed by atoms with Crippen LogP contribution in [0, 0.1) is 6.92 Å². The first-order valence-corrected chi connectivity index (χ1v) is 7.52. The predicted octanol–water partition coefficient (Wildman–Crippen LogP) is 3.27. The zero-order chi connectivity index (χ0) is 15.1. The van der Waals surface area contributed by atoms with E-state index < -0.39 is 0 Å². The molecule has 0 spiro atoms. The van der Waals surface area contributed by atoms with Crippen molar-refractivity contribution >= 4 is 5.95 Å². The van der Waals surface area contributed by atoms with Gasteiger partial charge in [0.25, 0.3) is 0 Å². The normalized spacial score (nSPS) is 12.3. The Labute approximate surface area is 127 Å². The Hall–Kier alpha value is -1.81. The summed E-state index contributed by atoms with van der Waals surface area (Å²) in [7, 11) is 1.72. The number of imidazole rings is 1. The minimum Gasteiger partial charge on any atom is -0.383 e. The van der Waals surface area contributed by atoms with Gasteiger partial charge >= 0.3 is 0 Å². The van der Waals surface area contributed by atoms with Crippen LogP contribution in [0.4, 0.5) is 5.95 Å². The Morgan fingerprint density at radius 1 is 1.29 bits per heavy atom. The molecule has 4 heteroatoms. The summed E-state index contributed by atoms with van der Waals surface area (Å²) < 4.78 is 7.27. The average Bonchev–Trinajstić information content (AvgIpc) is 2.83. The molecule has 0 aliphatic heterocycles. The monoisotopic (exact) mass is 287 g/mol. The van der Waals surface area contributed by atoms with Crippen LogP contribution in [0.15, 0.2) is 36.5 Å². The summed E-state index contributed by atoms with van der Waals surface area (Å²) in [6.07, 6.45) is 4.22. The maximum Gasteiger partial charge on any atom is 0.203 e. The van der Waals surface area contributed by atoms with E-state index in [1.54, 1.807) is 7.11 Å². The van der Waals surface area contributed by atoms with Gasteiger partial charge in [-0.05, 0) is 32.3 Å². The van der Waals surface area contributed by atoms with Crippen molar-refractivity contribution in [3.63, 3.8) is 0 Å². The van der Waals surface area contributed by atoms with E-state index in [9.17, 15) is 0 Å². The van der Waals surface area contributed by atoms with Gasteiger partial charge in [0.1, 0.15) is 0 Å². The molecular weight excluding hydrogens is 262 g/mol. The number of anilines is 1. The van der Waals surface area contributed by atoms with E-state index in [1.807, 2.05) is 6.92 Å². The highest BCUT2D eigenvalue weighted by atomic mass is 16.5. The van der Waals surface area contributed by atoms with Crippen LogP contribution in [0.2, 0.25) is 0 Å². The van der Waals surface area contributed by atoms with E-state index in [4.69, 9.17) is 4.74 Å². The second kappa shape index (κ2) is 7.84. The molecule has 0 aliphatic carbocycles. The summed E-state index contributed by atoms with van der Waals surface area (Å²) in [6.45, 7) is 5.74. The summed E-state index contributed by atoms with van der Waals surface area (Å²) in [5.41, 5.74) is 2.41. The molecule has 0 bridgehead atoms. The third-order valence-corrected chi connectivity index (χ3v) is 3.52. The molecule has 1 N–H and O–H groups in total. The molecule has 4 nitrogen and oxygen atoms in total. The Kier molecular flexibility index (Phi) is 5.81. The number of hydrogen-bond donors (Lipinski definition) is 1. The number of nitrogens with one attached hydrogen (secondary N) is 1. The Morgan fingerprint density at radius 3 is 2.76 bits per heavy atom. The van der Waals surface area contributed by atoms with Gasteiger partial charge < -0.3 is 14.6 Å². The number of ether oxygens (including phenoxy) is 1. The van der Waals surface area contributed by atoms with Gasteiger partial charge in [-0.15, -0.1) is 0 Å². The van der Waals surface area contributed by atoms with Gasteiger partial charge in [-0.3, -0.25) is 0 Å². The lowest BCUT2D eigenvalue weighted by molar-refractivity contribution is 0.187. The van der Waals surface area contributed by atoms with Crippen LogP contribution in [-0.2, 0) is 17.7 Å². The highest BCUT2D eigenvalue weighted by molar-refractivity contribution is 5.30. The van der Waals surface area contributed by atoms with Crippen LogP contribution < -0.4 is 5.32 Å². The molecule has 1 aromatic carbocycles. The number of aromatic nitrogens is 2. The summed E-state index contributed by atoms with van der Waals surface area (Å²) in [5.74, 6) is 0.935. The fourth-order valence-electron chi connectivity index (χ4n) is 2.34. The first kappa shape index (κ1) is 15.6. The first-order valence-electron chi connectivity index (χ1n) is 7.52. The summed E-state index contributed by atoms with van der Waals surface area (Å²) >= 11 is 0. The summed E-state index contributed by atoms with van der Waals surface area (Å²) in [4.78, 5) is 4.55. The topological polar surface area (TPSA) is 39.1 Å². The minimum absolute atomic E-state index is 0.383. The second-order valence-corrected chi connectivity index (χ2v) is 5.46. The van der Waals surface area contributed by atoms with Crippen molar-refractivity contribution in [3.05, 3.63) is 47.8 Å². The lowest BCUT2D eigenvalue weighted by atomic mass is 10.1. The highest BCUT2D eigenvalue weighted by Gasteiger charge is 2.09. The average molecular weight is 287 g/mol. The summed E-state index contributed by atoms with van der Waals surface area (Å²) in [5, 5.41) is 3.51. The molecule has 1 heterocycles. The lowest BCUT2D eigenvalue weighted by Crippen LogP contribution is -2.19. The van der Waals surface area contributed by atoms with Crippen LogP contribution >= 0.6 is 0 Å². The van der Waals surface area contributed by atoms with E-state index in [-0.39, 0.29) is 0 Å². The first-order chi connectivity index (χ1) is 10.2. The molecule has 114 valence electrons. The predicted molar refractivity (Wildman–Crippen MR) is 86.7 cm³/mol. The van der Waals surface area contributed by atoms with Crippen molar-refractivity contribution in [2.24, 2.45) is 0 Å². The fraction of sp³-hybridized carbons (Fsp3) is 0.471. The van der Waals surface area contributed by atoms with E-state index in [1.165, 1.54) is 5.56 Å².